The minimum atomic E-state index is -4.49. The minimum Gasteiger partial charge on any atom is -0.497 e. The van der Waals surface area contributed by atoms with Crippen molar-refractivity contribution in [1.82, 2.24) is 0 Å². The van der Waals surface area contributed by atoms with Gasteiger partial charge in [-0.1, -0.05) is 6.07 Å². The molecule has 0 bridgehead atoms. The van der Waals surface area contributed by atoms with E-state index in [0.29, 0.717) is 0 Å². The molecule has 0 spiro atoms. The molecule has 0 aliphatic carbocycles. The van der Waals surface area contributed by atoms with Crippen molar-refractivity contribution in [1.29, 1.82) is 0 Å². The summed E-state index contributed by atoms with van der Waals surface area (Å²) >= 11 is 0. The van der Waals surface area contributed by atoms with E-state index in [1.54, 1.807) is 0 Å². The van der Waals surface area contributed by atoms with Gasteiger partial charge < -0.3 is 9.84 Å². The Labute approximate surface area is 85.3 Å². The number of halogens is 3. The quantitative estimate of drug-likeness (QED) is 0.830. The monoisotopic (exact) mass is 220 g/mol. The Kier molecular flexibility index (Phi) is 3.24. The Morgan fingerprint density at radius 1 is 1.33 bits per heavy atom. The van der Waals surface area contributed by atoms with E-state index in [4.69, 9.17) is 4.74 Å². The van der Waals surface area contributed by atoms with Crippen molar-refractivity contribution in [3.05, 3.63) is 29.3 Å². The van der Waals surface area contributed by atoms with Crippen molar-refractivity contribution < 1.29 is 23.0 Å². The van der Waals surface area contributed by atoms with Gasteiger partial charge >= 0.3 is 6.18 Å². The van der Waals surface area contributed by atoms with Crippen LogP contribution < -0.4 is 4.74 Å². The summed E-state index contributed by atoms with van der Waals surface area (Å²) in [5, 5.41) is 9.19. The van der Waals surface area contributed by atoms with Crippen LogP contribution in [0, 0.1) is 0 Å². The summed E-state index contributed by atoms with van der Waals surface area (Å²) in [6, 6.07) is 3.48. The summed E-state index contributed by atoms with van der Waals surface area (Å²) in [6.45, 7) is 1.29. The van der Waals surface area contributed by atoms with Gasteiger partial charge in [0.1, 0.15) is 5.75 Å². The third kappa shape index (κ3) is 2.62. The van der Waals surface area contributed by atoms with E-state index < -0.39 is 17.8 Å². The summed E-state index contributed by atoms with van der Waals surface area (Å²) < 4.78 is 42.4. The van der Waals surface area contributed by atoms with Gasteiger partial charge in [0.05, 0.1) is 18.8 Å². The van der Waals surface area contributed by atoms with Crippen LogP contribution in [-0.2, 0) is 6.18 Å². The lowest BCUT2D eigenvalue weighted by molar-refractivity contribution is -0.139. The first-order valence-corrected chi connectivity index (χ1v) is 4.29. The molecule has 0 aromatic heterocycles. The molecule has 0 aliphatic heterocycles. The Morgan fingerprint density at radius 3 is 2.33 bits per heavy atom. The highest BCUT2D eigenvalue weighted by Crippen LogP contribution is 2.36. The zero-order valence-corrected chi connectivity index (χ0v) is 8.30. The van der Waals surface area contributed by atoms with E-state index in [2.05, 4.69) is 0 Å². The predicted molar refractivity (Wildman–Crippen MR) is 48.6 cm³/mol. The van der Waals surface area contributed by atoms with Crippen LogP contribution in [0.4, 0.5) is 13.2 Å². The van der Waals surface area contributed by atoms with E-state index in [9.17, 15) is 18.3 Å². The van der Waals surface area contributed by atoms with Gasteiger partial charge in [-0.25, -0.2) is 0 Å². The van der Waals surface area contributed by atoms with Crippen molar-refractivity contribution in [2.75, 3.05) is 7.11 Å². The Hall–Kier alpha value is -1.23. The molecule has 5 heteroatoms. The predicted octanol–water partition coefficient (Wildman–Crippen LogP) is 2.77. The van der Waals surface area contributed by atoms with Crippen LogP contribution in [0.2, 0.25) is 0 Å². The van der Waals surface area contributed by atoms with Gasteiger partial charge in [-0.3, -0.25) is 0 Å². The third-order valence-electron chi connectivity index (χ3n) is 2.02. The molecule has 1 unspecified atom stereocenters. The maximum absolute atomic E-state index is 12.6. The maximum atomic E-state index is 12.6. The highest BCUT2D eigenvalue weighted by Gasteiger charge is 2.34. The van der Waals surface area contributed by atoms with Gasteiger partial charge in [-0.05, 0) is 24.6 Å². The molecule has 15 heavy (non-hydrogen) atoms. The lowest BCUT2D eigenvalue weighted by Crippen LogP contribution is -2.11. The van der Waals surface area contributed by atoms with E-state index in [1.165, 1.54) is 26.2 Å². The van der Waals surface area contributed by atoms with Gasteiger partial charge in [-0.15, -0.1) is 0 Å². The number of methoxy groups -OCH3 is 1. The largest absolute Gasteiger partial charge is 0.497 e. The van der Waals surface area contributed by atoms with Crippen LogP contribution in [0.25, 0.3) is 0 Å². The molecule has 2 nitrogen and oxygen atoms in total. The fourth-order valence-electron chi connectivity index (χ4n) is 1.27. The fraction of sp³-hybridized carbons (Fsp3) is 0.400. The topological polar surface area (TPSA) is 29.5 Å². The van der Waals surface area contributed by atoms with Crippen molar-refractivity contribution in [2.45, 2.75) is 19.2 Å². The number of rotatable bonds is 2. The first-order chi connectivity index (χ1) is 6.86. The third-order valence-corrected chi connectivity index (χ3v) is 2.02. The van der Waals surface area contributed by atoms with Crippen LogP contribution in [-0.4, -0.2) is 12.2 Å². The molecule has 0 saturated heterocycles. The van der Waals surface area contributed by atoms with E-state index in [1.807, 2.05) is 0 Å². The summed E-state index contributed by atoms with van der Waals surface area (Å²) in [6.07, 6.45) is -5.64. The first kappa shape index (κ1) is 11.8. The fourth-order valence-corrected chi connectivity index (χ4v) is 1.27. The van der Waals surface area contributed by atoms with E-state index in [0.717, 1.165) is 6.07 Å². The second kappa shape index (κ2) is 4.10. The van der Waals surface area contributed by atoms with Crippen LogP contribution in [0.15, 0.2) is 18.2 Å². The van der Waals surface area contributed by atoms with Crippen molar-refractivity contribution in [3.63, 3.8) is 0 Å². The summed E-state index contributed by atoms with van der Waals surface area (Å²) in [5.41, 5.74) is -1.01. The molecule has 1 N–H and O–H groups in total. The number of hydrogen-bond donors (Lipinski definition) is 1. The molecule has 0 saturated carbocycles. The van der Waals surface area contributed by atoms with Crippen molar-refractivity contribution in [3.8, 4) is 5.75 Å². The Morgan fingerprint density at radius 2 is 1.93 bits per heavy atom. The molecule has 84 valence electrons. The van der Waals surface area contributed by atoms with Crippen LogP contribution in [0.1, 0.15) is 24.2 Å². The molecule has 0 heterocycles. The molecule has 1 rings (SSSR count). The standard InChI is InChI=1S/C10H11F3O2/c1-6(14)8-4-3-7(15-2)5-9(8)10(11,12)13/h3-6,14H,1-2H3. The molecule has 1 aromatic rings. The number of benzene rings is 1. The van der Waals surface area contributed by atoms with Crippen LogP contribution in [0.5, 0.6) is 5.75 Å². The highest BCUT2D eigenvalue weighted by atomic mass is 19.4. The molecular weight excluding hydrogens is 209 g/mol. The Bertz CT molecular complexity index is 345. The van der Waals surface area contributed by atoms with Gasteiger partial charge in [0.2, 0.25) is 0 Å². The SMILES string of the molecule is COc1ccc(C(C)O)c(C(F)(F)F)c1. The molecule has 0 fully saturated rings. The molecular formula is C10H11F3O2. The number of alkyl halides is 3. The first-order valence-electron chi connectivity index (χ1n) is 4.29. The normalized spacial score (nSPS) is 13.7. The minimum absolute atomic E-state index is 0.117. The molecule has 0 aliphatic rings. The average Bonchev–Trinajstić information content (AvgIpc) is 2.15. The van der Waals surface area contributed by atoms with Gasteiger partial charge in [-0.2, -0.15) is 13.2 Å². The van der Waals surface area contributed by atoms with E-state index >= 15 is 0 Å². The number of aliphatic hydroxyl groups is 1. The summed E-state index contributed by atoms with van der Waals surface area (Å²) in [4.78, 5) is 0. The second-order valence-corrected chi connectivity index (χ2v) is 3.13. The van der Waals surface area contributed by atoms with E-state index in [-0.39, 0.29) is 11.3 Å². The molecule has 0 amide bonds. The number of aliphatic hydroxyl groups excluding tert-OH is 1. The lowest BCUT2D eigenvalue weighted by Gasteiger charge is -2.15. The molecule has 1 aromatic carbocycles. The summed E-state index contributed by atoms with van der Waals surface area (Å²) in [5.74, 6) is 0.117. The van der Waals surface area contributed by atoms with Gasteiger partial charge in [0.15, 0.2) is 0 Å². The maximum Gasteiger partial charge on any atom is 0.416 e. The summed E-state index contributed by atoms with van der Waals surface area (Å²) in [7, 11) is 1.29. The van der Waals surface area contributed by atoms with Gasteiger partial charge in [0.25, 0.3) is 0 Å². The lowest BCUT2D eigenvalue weighted by atomic mass is 10.0. The smallest absolute Gasteiger partial charge is 0.416 e. The number of ether oxygens (including phenoxy) is 1. The highest BCUT2D eigenvalue weighted by molar-refractivity contribution is 5.38. The zero-order chi connectivity index (χ0) is 11.6. The van der Waals surface area contributed by atoms with Gasteiger partial charge in [0, 0.05) is 0 Å². The molecule has 0 radical (unpaired) electrons. The van der Waals surface area contributed by atoms with Crippen molar-refractivity contribution >= 4 is 0 Å². The number of hydrogen-bond acceptors (Lipinski definition) is 2. The zero-order valence-electron chi connectivity index (χ0n) is 8.30. The Balaban J connectivity index is 3.29. The van der Waals surface area contributed by atoms with Crippen LogP contribution in [0.3, 0.4) is 0 Å². The van der Waals surface area contributed by atoms with Crippen molar-refractivity contribution in [2.24, 2.45) is 0 Å². The average molecular weight is 220 g/mol. The molecule has 1 atom stereocenters. The second-order valence-electron chi connectivity index (χ2n) is 3.13. The van der Waals surface area contributed by atoms with Crippen LogP contribution >= 0.6 is 0 Å².